The predicted octanol–water partition coefficient (Wildman–Crippen LogP) is 2.23. The molecule has 0 N–H and O–H groups in total. The first kappa shape index (κ1) is 14.5. The number of nitrogens with zero attached hydrogens (tertiary/aromatic N) is 2. The second-order valence-corrected chi connectivity index (χ2v) is 5.45. The van der Waals surface area contributed by atoms with Crippen LogP contribution in [0, 0.1) is 11.6 Å². The molecule has 106 valence electrons. The Hall–Kier alpha value is -1.92. The van der Waals surface area contributed by atoms with Gasteiger partial charge < -0.3 is 4.74 Å². The summed E-state index contributed by atoms with van der Waals surface area (Å²) in [6.45, 7) is 5.07. The standard InChI is InChI=1S/C13H15BF2N2O2/c1-13(2,3)20-12(19)18-11-7(9(6-14)17-18)4-5-8(15)10(11)16/h4-5H,6,14H2,1-3H3. The highest BCUT2D eigenvalue weighted by Crippen LogP contribution is 2.24. The van der Waals surface area contributed by atoms with Crippen LogP contribution in [0.25, 0.3) is 10.9 Å². The van der Waals surface area contributed by atoms with Crippen LogP contribution in [0.3, 0.4) is 0 Å². The quantitative estimate of drug-likeness (QED) is 0.752. The van der Waals surface area contributed by atoms with Crippen molar-refractivity contribution in [1.82, 2.24) is 9.78 Å². The molecule has 1 aromatic heterocycles. The van der Waals surface area contributed by atoms with Crippen LogP contribution in [-0.2, 0) is 11.1 Å². The average molecular weight is 280 g/mol. The van der Waals surface area contributed by atoms with Crippen molar-refractivity contribution in [2.45, 2.75) is 32.7 Å². The molecule has 0 aliphatic heterocycles. The van der Waals surface area contributed by atoms with E-state index in [9.17, 15) is 13.6 Å². The molecule has 0 saturated heterocycles. The highest BCUT2D eigenvalue weighted by atomic mass is 19.2. The number of benzene rings is 1. The molecule has 0 bridgehead atoms. The Morgan fingerprint density at radius 3 is 2.60 bits per heavy atom. The van der Waals surface area contributed by atoms with Crippen LogP contribution in [0.2, 0.25) is 0 Å². The molecule has 0 atom stereocenters. The second kappa shape index (κ2) is 4.88. The van der Waals surface area contributed by atoms with Gasteiger partial charge in [-0.05, 0) is 39.2 Å². The van der Waals surface area contributed by atoms with Crippen molar-refractivity contribution in [2.75, 3.05) is 0 Å². The Morgan fingerprint density at radius 2 is 2.05 bits per heavy atom. The number of carbonyl (C=O) groups excluding carboxylic acids is 1. The van der Waals surface area contributed by atoms with Crippen LogP contribution in [0.15, 0.2) is 12.1 Å². The third-order valence-corrected chi connectivity index (χ3v) is 2.71. The maximum atomic E-state index is 14.0. The molecule has 2 rings (SSSR count). The fourth-order valence-corrected chi connectivity index (χ4v) is 1.90. The maximum absolute atomic E-state index is 14.0. The van der Waals surface area contributed by atoms with Crippen LogP contribution in [-0.4, -0.2) is 29.3 Å². The summed E-state index contributed by atoms with van der Waals surface area (Å²) in [4.78, 5) is 12.1. The lowest BCUT2D eigenvalue weighted by atomic mass is 9.99. The lowest BCUT2D eigenvalue weighted by molar-refractivity contribution is 0.0521. The molecule has 0 amide bonds. The minimum absolute atomic E-state index is 0.184. The van der Waals surface area contributed by atoms with E-state index in [-0.39, 0.29) is 5.52 Å². The van der Waals surface area contributed by atoms with Crippen LogP contribution in [0.1, 0.15) is 26.5 Å². The second-order valence-electron chi connectivity index (χ2n) is 5.45. The van der Waals surface area contributed by atoms with Crippen molar-refractivity contribution >= 4 is 24.8 Å². The first-order valence-corrected chi connectivity index (χ1v) is 6.33. The van der Waals surface area contributed by atoms with E-state index in [1.165, 1.54) is 6.07 Å². The van der Waals surface area contributed by atoms with Gasteiger partial charge in [-0.3, -0.25) is 0 Å². The number of ether oxygens (including phenoxy) is 1. The first-order chi connectivity index (χ1) is 9.24. The molecular formula is C13H15BF2N2O2. The summed E-state index contributed by atoms with van der Waals surface area (Å²) in [7, 11) is 1.82. The summed E-state index contributed by atoms with van der Waals surface area (Å²) in [5.74, 6) is -2.12. The van der Waals surface area contributed by atoms with E-state index in [4.69, 9.17) is 4.74 Å². The number of halogens is 2. The molecule has 0 fully saturated rings. The molecule has 20 heavy (non-hydrogen) atoms. The lowest BCUT2D eigenvalue weighted by Crippen LogP contribution is -2.28. The van der Waals surface area contributed by atoms with E-state index in [1.807, 2.05) is 7.85 Å². The highest BCUT2D eigenvalue weighted by Gasteiger charge is 2.24. The van der Waals surface area contributed by atoms with Gasteiger partial charge in [0.05, 0.1) is 5.69 Å². The fraction of sp³-hybridized carbons (Fsp3) is 0.385. The third kappa shape index (κ3) is 2.52. The largest absolute Gasteiger partial charge is 0.442 e. The molecule has 0 spiro atoms. The SMILES string of the molecule is BCc1nn(C(=O)OC(C)(C)C)c2c(F)c(F)ccc12. The summed E-state index contributed by atoms with van der Waals surface area (Å²) in [5.41, 5.74) is -0.410. The zero-order valence-electron chi connectivity index (χ0n) is 11.8. The smallest absolute Gasteiger partial charge is 0.435 e. The summed E-state index contributed by atoms with van der Waals surface area (Å²) in [5, 5.41) is 4.44. The molecule has 1 aromatic carbocycles. The van der Waals surface area contributed by atoms with Crippen molar-refractivity contribution in [3.8, 4) is 0 Å². The van der Waals surface area contributed by atoms with Crippen molar-refractivity contribution in [2.24, 2.45) is 0 Å². The molecule has 7 heteroatoms. The first-order valence-electron chi connectivity index (χ1n) is 6.33. The average Bonchev–Trinajstić information content (AvgIpc) is 2.71. The van der Waals surface area contributed by atoms with Gasteiger partial charge in [-0.1, -0.05) is 0 Å². The topological polar surface area (TPSA) is 44.1 Å². The van der Waals surface area contributed by atoms with E-state index < -0.39 is 23.3 Å². The molecular weight excluding hydrogens is 265 g/mol. The lowest BCUT2D eigenvalue weighted by Gasteiger charge is -2.19. The zero-order chi connectivity index (χ0) is 15.1. The summed E-state index contributed by atoms with van der Waals surface area (Å²) >= 11 is 0. The molecule has 0 unspecified atom stereocenters. The highest BCUT2D eigenvalue weighted by molar-refractivity contribution is 6.09. The van der Waals surface area contributed by atoms with Gasteiger partial charge in [0.25, 0.3) is 0 Å². The molecule has 0 radical (unpaired) electrons. The Kier molecular flexibility index (Phi) is 3.54. The minimum Gasteiger partial charge on any atom is -0.442 e. The van der Waals surface area contributed by atoms with Crippen molar-refractivity contribution in [3.63, 3.8) is 0 Å². The molecule has 0 saturated carbocycles. The number of carbonyl (C=O) groups is 1. The summed E-state index contributed by atoms with van der Waals surface area (Å²) in [6, 6.07) is 2.44. The van der Waals surface area contributed by atoms with Gasteiger partial charge in [0, 0.05) is 5.39 Å². The van der Waals surface area contributed by atoms with E-state index in [2.05, 4.69) is 5.10 Å². The number of hydrogen-bond donors (Lipinski definition) is 0. The number of fused-ring (bicyclic) bond motifs is 1. The predicted molar refractivity (Wildman–Crippen MR) is 73.5 cm³/mol. The zero-order valence-corrected chi connectivity index (χ0v) is 11.8. The van der Waals surface area contributed by atoms with E-state index in [1.54, 1.807) is 20.8 Å². The van der Waals surface area contributed by atoms with Crippen LogP contribution in [0.5, 0.6) is 0 Å². The summed E-state index contributed by atoms with van der Waals surface area (Å²) in [6.07, 6.45) is -0.330. The van der Waals surface area contributed by atoms with Gasteiger partial charge in [0.2, 0.25) is 0 Å². The van der Waals surface area contributed by atoms with Gasteiger partial charge in [0.15, 0.2) is 11.6 Å². The van der Waals surface area contributed by atoms with Gasteiger partial charge in [0.1, 0.15) is 19.0 Å². The molecule has 4 nitrogen and oxygen atoms in total. The monoisotopic (exact) mass is 280 g/mol. The van der Waals surface area contributed by atoms with Gasteiger partial charge in [-0.25, -0.2) is 13.6 Å². The Balaban J connectivity index is 2.64. The Bertz CT molecular complexity index is 677. The number of hydrogen-bond acceptors (Lipinski definition) is 3. The minimum atomic E-state index is -1.10. The van der Waals surface area contributed by atoms with Gasteiger partial charge in [-0.15, -0.1) is 0 Å². The summed E-state index contributed by atoms with van der Waals surface area (Å²) < 4.78 is 33.3. The molecule has 0 aliphatic rings. The number of aromatic nitrogens is 2. The van der Waals surface area contributed by atoms with Crippen LogP contribution >= 0.6 is 0 Å². The Morgan fingerprint density at radius 1 is 1.40 bits per heavy atom. The third-order valence-electron chi connectivity index (χ3n) is 2.71. The normalized spacial score (nSPS) is 11.8. The van der Waals surface area contributed by atoms with Crippen molar-refractivity contribution in [1.29, 1.82) is 0 Å². The van der Waals surface area contributed by atoms with Crippen LogP contribution < -0.4 is 0 Å². The molecule has 0 aliphatic carbocycles. The van der Waals surface area contributed by atoms with E-state index >= 15 is 0 Å². The number of rotatable bonds is 1. The van der Waals surface area contributed by atoms with E-state index in [0.717, 1.165) is 10.7 Å². The van der Waals surface area contributed by atoms with Crippen LogP contribution in [0.4, 0.5) is 13.6 Å². The van der Waals surface area contributed by atoms with Crippen molar-refractivity contribution in [3.05, 3.63) is 29.5 Å². The van der Waals surface area contributed by atoms with Gasteiger partial charge in [-0.2, -0.15) is 9.78 Å². The molecule has 2 aromatic rings. The molecule has 1 heterocycles. The fourth-order valence-electron chi connectivity index (χ4n) is 1.90. The van der Waals surface area contributed by atoms with Gasteiger partial charge >= 0.3 is 6.09 Å². The van der Waals surface area contributed by atoms with Crippen molar-refractivity contribution < 1.29 is 18.3 Å². The Labute approximate surface area is 116 Å². The maximum Gasteiger partial charge on any atom is 0.435 e. The van der Waals surface area contributed by atoms with E-state index in [0.29, 0.717) is 17.4 Å².